The molecular formula is C31H33FN6O5. The molecule has 0 aliphatic carbocycles. The Morgan fingerprint density at radius 3 is 2.81 bits per heavy atom. The minimum Gasteiger partial charge on any atom is -0.490 e. The van der Waals surface area contributed by atoms with Crippen LogP contribution in [0.4, 0.5) is 10.2 Å². The topological polar surface area (TPSA) is 140 Å². The molecular weight excluding hydrogens is 555 g/mol. The van der Waals surface area contributed by atoms with E-state index in [-0.39, 0.29) is 60.0 Å². The molecule has 0 radical (unpaired) electrons. The number of hydrogen-bond donors (Lipinski definition) is 3. The fourth-order valence-corrected chi connectivity index (χ4v) is 5.26. The first-order valence-electron chi connectivity index (χ1n) is 13.9. The molecule has 5 rings (SSSR count). The van der Waals surface area contributed by atoms with Crippen LogP contribution in [0.1, 0.15) is 42.7 Å². The largest absolute Gasteiger partial charge is 0.490 e. The highest BCUT2D eigenvalue weighted by molar-refractivity contribution is 5.91. The summed E-state index contributed by atoms with van der Waals surface area (Å²) in [5.41, 5.74) is 1.88. The van der Waals surface area contributed by atoms with Crippen molar-refractivity contribution >= 4 is 22.8 Å². The van der Waals surface area contributed by atoms with Crippen LogP contribution < -0.4 is 21.1 Å². The van der Waals surface area contributed by atoms with Crippen LogP contribution in [0.15, 0.2) is 54.0 Å². The number of rotatable bonds is 7. The number of aliphatic hydroxyl groups is 1. The third-order valence-electron chi connectivity index (χ3n) is 7.25. The Balaban J connectivity index is 1.87. The molecule has 43 heavy (non-hydrogen) atoms. The molecule has 1 aliphatic heterocycles. The first-order chi connectivity index (χ1) is 20.7. The van der Waals surface area contributed by atoms with Gasteiger partial charge >= 0.3 is 5.69 Å². The Hall–Kier alpha value is -4.68. The number of ether oxygens (including phenoxy) is 2. The van der Waals surface area contributed by atoms with Crippen LogP contribution >= 0.6 is 0 Å². The standard InChI is InChI=1S/C31H33FN6O5/c1-6-23(40)33-12-13-35-29-19-14-17(4)26-24-20(32)8-7-9-22(24)43-15-21(39)28(42-5)18-10-11-34-25(16(2)3)27(18)38(30(19)36-26)31(41)37-29/h6-11,14,16,21,28,39H,1,12-13,15H2,2-5H3,(H,33,40)(H,35,37,41). The highest BCUT2D eigenvalue weighted by Crippen LogP contribution is 2.39. The van der Waals surface area contributed by atoms with Crippen LogP contribution in [0.25, 0.3) is 28.0 Å². The number of anilines is 1. The van der Waals surface area contributed by atoms with Crippen molar-refractivity contribution < 1.29 is 23.8 Å². The van der Waals surface area contributed by atoms with Crippen molar-refractivity contribution in [2.24, 2.45) is 0 Å². The Morgan fingerprint density at radius 1 is 1.30 bits per heavy atom. The molecule has 12 heteroatoms. The van der Waals surface area contributed by atoms with Gasteiger partial charge in [-0.25, -0.2) is 18.7 Å². The van der Waals surface area contributed by atoms with E-state index in [2.05, 4.69) is 27.2 Å². The van der Waals surface area contributed by atoms with Crippen LogP contribution in [0, 0.1) is 12.7 Å². The van der Waals surface area contributed by atoms with E-state index in [1.165, 1.54) is 29.9 Å². The third kappa shape index (κ3) is 5.58. The quantitative estimate of drug-likeness (QED) is 0.218. The smallest absolute Gasteiger partial charge is 0.355 e. The molecule has 224 valence electrons. The number of carbonyl (C=O) groups is 1. The van der Waals surface area contributed by atoms with Gasteiger partial charge in [0.1, 0.15) is 36.2 Å². The maximum atomic E-state index is 15.5. The van der Waals surface area contributed by atoms with Gasteiger partial charge in [-0.1, -0.05) is 26.5 Å². The number of hydrogen-bond acceptors (Lipinski definition) is 9. The van der Waals surface area contributed by atoms with E-state index >= 15 is 4.39 Å². The summed E-state index contributed by atoms with van der Waals surface area (Å²) in [6.07, 6.45) is 0.632. The van der Waals surface area contributed by atoms with Crippen molar-refractivity contribution in [2.75, 3.05) is 32.1 Å². The molecule has 3 aromatic heterocycles. The predicted octanol–water partition coefficient (Wildman–Crippen LogP) is 3.57. The van der Waals surface area contributed by atoms with E-state index < -0.39 is 23.7 Å². The Bertz CT molecular complexity index is 1770. The fraction of sp³-hybridized carbons (Fsp3) is 0.323. The van der Waals surface area contributed by atoms with Crippen LogP contribution in [0.2, 0.25) is 0 Å². The van der Waals surface area contributed by atoms with E-state index in [0.717, 1.165) is 0 Å². The number of amides is 1. The molecule has 2 unspecified atom stereocenters. The fourth-order valence-electron chi connectivity index (χ4n) is 5.26. The van der Waals surface area contributed by atoms with Gasteiger partial charge in [0.15, 0.2) is 5.65 Å². The zero-order chi connectivity index (χ0) is 30.8. The number of nitrogens with one attached hydrogen (secondary N) is 2. The minimum atomic E-state index is -1.19. The maximum Gasteiger partial charge on any atom is 0.355 e. The molecule has 1 amide bonds. The summed E-state index contributed by atoms with van der Waals surface area (Å²) in [6.45, 7) is 9.36. The zero-order valence-corrected chi connectivity index (χ0v) is 24.3. The molecule has 11 nitrogen and oxygen atoms in total. The van der Waals surface area contributed by atoms with Crippen molar-refractivity contribution in [3.8, 4) is 22.7 Å². The molecule has 1 aliphatic rings. The lowest BCUT2D eigenvalue weighted by molar-refractivity contribution is -0.116. The lowest BCUT2D eigenvalue weighted by atomic mass is 9.97. The number of nitrogens with zero attached hydrogens (tertiary/aromatic N) is 4. The van der Waals surface area contributed by atoms with Gasteiger partial charge in [-0.15, -0.1) is 0 Å². The summed E-state index contributed by atoms with van der Waals surface area (Å²) in [4.78, 5) is 39.5. The number of pyridine rings is 2. The second-order valence-electron chi connectivity index (χ2n) is 10.5. The summed E-state index contributed by atoms with van der Waals surface area (Å²) >= 11 is 0. The van der Waals surface area contributed by atoms with Gasteiger partial charge in [-0.2, -0.15) is 4.98 Å². The molecule has 4 heterocycles. The van der Waals surface area contributed by atoms with Crippen LogP contribution in [-0.4, -0.2) is 63.4 Å². The molecule has 0 spiro atoms. The number of carbonyl (C=O) groups excluding carboxylic acids is 1. The van der Waals surface area contributed by atoms with Crippen molar-refractivity contribution in [1.29, 1.82) is 0 Å². The van der Waals surface area contributed by atoms with Gasteiger partial charge < -0.3 is 25.2 Å². The van der Waals surface area contributed by atoms with Gasteiger partial charge in [0, 0.05) is 32.0 Å². The van der Waals surface area contributed by atoms with Crippen molar-refractivity contribution in [2.45, 2.75) is 38.9 Å². The summed E-state index contributed by atoms with van der Waals surface area (Å²) in [5.74, 6) is -0.636. The lowest BCUT2D eigenvalue weighted by Gasteiger charge is -2.28. The van der Waals surface area contributed by atoms with E-state index in [4.69, 9.17) is 14.5 Å². The summed E-state index contributed by atoms with van der Waals surface area (Å²) in [5, 5.41) is 17.6. The monoisotopic (exact) mass is 588 g/mol. The molecule has 0 fully saturated rings. The SMILES string of the molecule is C=CC(=O)NCCNc1nc(=O)n2c3nc(c(C)cc13)-c1c(F)cccc1OCC(O)C(OC)c1ccnc(C(C)C)c1-2. The van der Waals surface area contributed by atoms with Gasteiger partial charge in [0.25, 0.3) is 0 Å². The van der Waals surface area contributed by atoms with Crippen LogP contribution in [0.3, 0.4) is 0 Å². The van der Waals surface area contributed by atoms with Crippen molar-refractivity contribution in [3.05, 3.63) is 82.3 Å². The molecule has 2 atom stereocenters. The number of benzene rings is 1. The van der Waals surface area contributed by atoms with E-state index in [9.17, 15) is 14.7 Å². The third-order valence-corrected chi connectivity index (χ3v) is 7.25. The predicted molar refractivity (Wildman–Crippen MR) is 160 cm³/mol. The maximum absolute atomic E-state index is 15.5. The summed E-state index contributed by atoms with van der Waals surface area (Å²) in [6, 6.07) is 7.87. The number of fused-ring (bicyclic) bond motifs is 5. The number of aliphatic hydroxyl groups excluding tert-OH is 1. The minimum absolute atomic E-state index is 0.0941. The van der Waals surface area contributed by atoms with Gasteiger partial charge in [0.2, 0.25) is 5.91 Å². The van der Waals surface area contributed by atoms with Gasteiger partial charge in [0.05, 0.1) is 28.0 Å². The second kappa shape index (κ2) is 12.3. The van der Waals surface area contributed by atoms with Crippen LogP contribution in [0.5, 0.6) is 5.75 Å². The molecule has 3 N–H and O–H groups in total. The molecule has 1 aromatic carbocycles. The van der Waals surface area contributed by atoms with Crippen LogP contribution in [-0.2, 0) is 9.53 Å². The van der Waals surface area contributed by atoms with E-state index in [1.807, 2.05) is 13.8 Å². The first kappa shape index (κ1) is 29.8. The first-order valence-corrected chi connectivity index (χ1v) is 13.9. The van der Waals surface area contributed by atoms with Gasteiger partial charge in [-0.05, 0) is 48.7 Å². The lowest BCUT2D eigenvalue weighted by Crippen LogP contribution is -2.32. The molecule has 2 bridgehead atoms. The van der Waals surface area contributed by atoms with E-state index in [0.29, 0.717) is 27.9 Å². The summed E-state index contributed by atoms with van der Waals surface area (Å²) < 4.78 is 28.6. The normalized spacial score (nSPS) is 16.1. The average Bonchev–Trinajstić information content (AvgIpc) is 2.98. The highest BCUT2D eigenvalue weighted by Gasteiger charge is 2.31. The number of aryl methyl sites for hydroxylation is 1. The Kier molecular flexibility index (Phi) is 8.51. The summed E-state index contributed by atoms with van der Waals surface area (Å²) in [7, 11) is 1.45. The van der Waals surface area contributed by atoms with Gasteiger partial charge in [-0.3, -0.25) is 9.78 Å². The van der Waals surface area contributed by atoms with E-state index in [1.54, 1.807) is 31.3 Å². The van der Waals surface area contributed by atoms with Crippen molar-refractivity contribution in [1.82, 2.24) is 24.8 Å². The molecule has 4 aromatic rings. The molecule has 0 saturated carbocycles. The number of methoxy groups -OCH3 is 1. The van der Waals surface area contributed by atoms with Crippen molar-refractivity contribution in [3.63, 3.8) is 0 Å². The highest BCUT2D eigenvalue weighted by atomic mass is 19.1. The second-order valence-corrected chi connectivity index (χ2v) is 10.5. The molecule has 0 saturated heterocycles. The average molecular weight is 589 g/mol. The number of aromatic nitrogens is 4. The number of halogens is 1. The Labute approximate surface area is 247 Å². The zero-order valence-electron chi connectivity index (χ0n) is 24.3. The Morgan fingerprint density at radius 2 is 2.09 bits per heavy atom.